The second-order valence-electron chi connectivity index (χ2n) is 4.55. The van der Waals surface area contributed by atoms with E-state index >= 15 is 0 Å². The number of aromatic hydroxyl groups is 2. The Bertz CT molecular complexity index is 424. The van der Waals surface area contributed by atoms with Gasteiger partial charge in [0.25, 0.3) is 5.91 Å². The Morgan fingerprint density at radius 2 is 1.94 bits per heavy atom. The molecule has 1 aliphatic rings. The van der Waals surface area contributed by atoms with Crippen LogP contribution in [0.1, 0.15) is 23.7 Å². The highest BCUT2D eigenvalue weighted by Crippen LogP contribution is 2.22. The van der Waals surface area contributed by atoms with E-state index in [2.05, 4.69) is 5.32 Å². The highest BCUT2D eigenvalue weighted by Gasteiger charge is 2.28. The molecule has 3 N–H and O–H groups in total. The van der Waals surface area contributed by atoms with E-state index in [1.54, 1.807) is 4.90 Å². The smallest absolute Gasteiger partial charge is 0.254 e. The van der Waals surface area contributed by atoms with Gasteiger partial charge in [0.05, 0.1) is 6.04 Å². The van der Waals surface area contributed by atoms with E-state index in [4.69, 9.17) is 0 Å². The molecule has 0 aliphatic carbocycles. The SMILES string of the molecule is CCCN(C(=O)c1cc(O)cc(O)c1)C1CNC1. The number of rotatable bonds is 4. The fourth-order valence-electron chi connectivity index (χ4n) is 2.07. The van der Waals surface area contributed by atoms with Gasteiger partial charge in [0, 0.05) is 31.3 Å². The lowest BCUT2D eigenvalue weighted by molar-refractivity contribution is 0.0615. The van der Waals surface area contributed by atoms with Crippen LogP contribution in [0.3, 0.4) is 0 Å². The van der Waals surface area contributed by atoms with E-state index < -0.39 is 0 Å². The molecule has 0 spiro atoms. The topological polar surface area (TPSA) is 72.8 Å². The fraction of sp³-hybridized carbons (Fsp3) is 0.462. The molecule has 0 aromatic heterocycles. The third-order valence-corrected chi connectivity index (χ3v) is 3.08. The Labute approximate surface area is 106 Å². The molecule has 1 heterocycles. The van der Waals surface area contributed by atoms with Crippen molar-refractivity contribution in [3.05, 3.63) is 23.8 Å². The third-order valence-electron chi connectivity index (χ3n) is 3.08. The predicted octanol–water partition coefficient (Wildman–Crippen LogP) is 0.922. The van der Waals surface area contributed by atoms with Gasteiger partial charge in [-0.05, 0) is 18.6 Å². The summed E-state index contributed by atoms with van der Waals surface area (Å²) in [5.41, 5.74) is 0.327. The van der Waals surface area contributed by atoms with Gasteiger partial charge < -0.3 is 20.4 Å². The zero-order valence-electron chi connectivity index (χ0n) is 10.4. The minimum Gasteiger partial charge on any atom is -0.508 e. The van der Waals surface area contributed by atoms with E-state index in [0.29, 0.717) is 12.1 Å². The Morgan fingerprint density at radius 1 is 1.33 bits per heavy atom. The summed E-state index contributed by atoms with van der Waals surface area (Å²) >= 11 is 0. The van der Waals surface area contributed by atoms with E-state index in [0.717, 1.165) is 19.5 Å². The first-order chi connectivity index (χ1) is 8.61. The molecule has 98 valence electrons. The summed E-state index contributed by atoms with van der Waals surface area (Å²) < 4.78 is 0. The molecule has 18 heavy (non-hydrogen) atoms. The maximum Gasteiger partial charge on any atom is 0.254 e. The standard InChI is InChI=1S/C13H18N2O3/c1-2-3-15(10-7-14-8-10)13(18)9-4-11(16)6-12(17)5-9/h4-6,10,14,16-17H,2-3,7-8H2,1H3. The van der Waals surface area contributed by atoms with Gasteiger partial charge in [-0.3, -0.25) is 4.79 Å². The summed E-state index contributed by atoms with van der Waals surface area (Å²) in [4.78, 5) is 14.1. The number of phenolic OH excluding ortho intramolecular Hbond substituents is 2. The van der Waals surface area contributed by atoms with Crippen LogP contribution in [0, 0.1) is 0 Å². The maximum absolute atomic E-state index is 12.3. The van der Waals surface area contributed by atoms with Crippen LogP contribution >= 0.6 is 0 Å². The van der Waals surface area contributed by atoms with E-state index in [1.165, 1.54) is 18.2 Å². The number of hydrogen-bond acceptors (Lipinski definition) is 4. The van der Waals surface area contributed by atoms with E-state index in [-0.39, 0.29) is 23.4 Å². The van der Waals surface area contributed by atoms with Gasteiger partial charge in [0.1, 0.15) is 11.5 Å². The van der Waals surface area contributed by atoms with Crippen LogP contribution in [-0.2, 0) is 0 Å². The molecule has 0 saturated carbocycles. The first-order valence-corrected chi connectivity index (χ1v) is 6.16. The van der Waals surface area contributed by atoms with Gasteiger partial charge in [-0.1, -0.05) is 6.92 Å². The van der Waals surface area contributed by atoms with Crippen molar-refractivity contribution in [3.8, 4) is 11.5 Å². The molecule has 0 bridgehead atoms. The normalized spacial score (nSPS) is 15.2. The maximum atomic E-state index is 12.3. The monoisotopic (exact) mass is 250 g/mol. The van der Waals surface area contributed by atoms with Crippen molar-refractivity contribution in [1.29, 1.82) is 0 Å². The summed E-state index contributed by atoms with van der Waals surface area (Å²) in [5.74, 6) is -0.336. The summed E-state index contributed by atoms with van der Waals surface area (Å²) in [6.45, 7) is 4.31. The van der Waals surface area contributed by atoms with Gasteiger partial charge >= 0.3 is 0 Å². The van der Waals surface area contributed by atoms with E-state index in [9.17, 15) is 15.0 Å². The van der Waals surface area contributed by atoms with Crippen molar-refractivity contribution in [1.82, 2.24) is 10.2 Å². The average molecular weight is 250 g/mol. The second kappa shape index (κ2) is 5.27. The zero-order valence-corrected chi connectivity index (χ0v) is 10.4. The van der Waals surface area contributed by atoms with Crippen molar-refractivity contribution >= 4 is 5.91 Å². The fourth-order valence-corrected chi connectivity index (χ4v) is 2.07. The van der Waals surface area contributed by atoms with Crippen molar-refractivity contribution in [2.75, 3.05) is 19.6 Å². The lowest BCUT2D eigenvalue weighted by Crippen LogP contribution is -2.59. The average Bonchev–Trinajstić information content (AvgIpc) is 2.23. The Hall–Kier alpha value is -1.75. The highest BCUT2D eigenvalue weighted by atomic mass is 16.3. The van der Waals surface area contributed by atoms with E-state index in [1.807, 2.05) is 6.92 Å². The molecule has 0 radical (unpaired) electrons. The van der Waals surface area contributed by atoms with Crippen molar-refractivity contribution in [3.63, 3.8) is 0 Å². The molecule has 1 aliphatic heterocycles. The number of carbonyl (C=O) groups excluding carboxylic acids is 1. The van der Waals surface area contributed by atoms with Crippen LogP contribution < -0.4 is 5.32 Å². The largest absolute Gasteiger partial charge is 0.508 e. The molecule has 0 unspecified atom stereocenters. The first-order valence-electron chi connectivity index (χ1n) is 6.16. The van der Waals surface area contributed by atoms with Crippen LogP contribution in [0.5, 0.6) is 11.5 Å². The molecular weight excluding hydrogens is 232 g/mol. The summed E-state index contributed by atoms with van der Waals surface area (Å²) in [6, 6.07) is 4.20. The Morgan fingerprint density at radius 3 is 2.39 bits per heavy atom. The van der Waals surface area contributed by atoms with Crippen LogP contribution in [0.2, 0.25) is 0 Å². The number of nitrogens with zero attached hydrogens (tertiary/aromatic N) is 1. The van der Waals surface area contributed by atoms with Crippen molar-refractivity contribution in [2.45, 2.75) is 19.4 Å². The summed E-state index contributed by atoms with van der Waals surface area (Å²) in [6.07, 6.45) is 0.882. The molecule has 5 heteroatoms. The van der Waals surface area contributed by atoms with Gasteiger partial charge in [0.15, 0.2) is 0 Å². The van der Waals surface area contributed by atoms with Gasteiger partial charge in [-0.25, -0.2) is 0 Å². The minimum absolute atomic E-state index is 0.0958. The van der Waals surface area contributed by atoms with Crippen LogP contribution in [0.25, 0.3) is 0 Å². The van der Waals surface area contributed by atoms with Crippen LogP contribution in [0.4, 0.5) is 0 Å². The van der Waals surface area contributed by atoms with Crippen LogP contribution in [-0.4, -0.2) is 46.7 Å². The minimum atomic E-state index is -0.144. The number of benzene rings is 1. The molecule has 2 rings (SSSR count). The molecule has 1 saturated heterocycles. The molecular formula is C13H18N2O3. The zero-order chi connectivity index (χ0) is 13.1. The molecule has 0 atom stereocenters. The van der Waals surface area contributed by atoms with Gasteiger partial charge in [0.2, 0.25) is 0 Å². The lowest BCUT2D eigenvalue weighted by Gasteiger charge is -2.38. The first kappa shape index (κ1) is 12.7. The number of phenols is 2. The van der Waals surface area contributed by atoms with Gasteiger partial charge in [-0.15, -0.1) is 0 Å². The molecule has 1 aromatic rings. The lowest BCUT2D eigenvalue weighted by atomic mass is 10.1. The number of carbonyl (C=O) groups is 1. The number of hydrogen-bond donors (Lipinski definition) is 3. The molecule has 1 fully saturated rings. The van der Waals surface area contributed by atoms with Crippen LogP contribution in [0.15, 0.2) is 18.2 Å². The molecule has 5 nitrogen and oxygen atoms in total. The Kier molecular flexibility index (Phi) is 3.72. The highest BCUT2D eigenvalue weighted by molar-refractivity contribution is 5.95. The van der Waals surface area contributed by atoms with Crippen molar-refractivity contribution in [2.24, 2.45) is 0 Å². The summed E-state index contributed by atoms with van der Waals surface area (Å²) in [5, 5.41) is 22.0. The summed E-state index contributed by atoms with van der Waals surface area (Å²) in [7, 11) is 0. The second-order valence-corrected chi connectivity index (χ2v) is 4.55. The third kappa shape index (κ3) is 2.56. The number of amides is 1. The van der Waals surface area contributed by atoms with Crippen molar-refractivity contribution < 1.29 is 15.0 Å². The predicted molar refractivity (Wildman–Crippen MR) is 67.8 cm³/mol. The Balaban J connectivity index is 2.21. The number of nitrogens with one attached hydrogen (secondary N) is 1. The quantitative estimate of drug-likeness (QED) is 0.743. The molecule has 1 amide bonds. The van der Waals surface area contributed by atoms with Gasteiger partial charge in [-0.2, -0.15) is 0 Å². The molecule has 1 aromatic carbocycles.